The van der Waals surface area contributed by atoms with E-state index in [9.17, 15) is 8.42 Å². The first kappa shape index (κ1) is 15.5. The van der Waals surface area contributed by atoms with Crippen molar-refractivity contribution in [2.24, 2.45) is 5.73 Å². The number of hydrogen-bond acceptors (Lipinski definition) is 4. The number of aryl methyl sites for hydroxylation is 1. The fourth-order valence-corrected chi connectivity index (χ4v) is 3.26. The Hall–Kier alpha value is -1.86. The van der Waals surface area contributed by atoms with Gasteiger partial charge in [-0.15, -0.1) is 0 Å². The van der Waals surface area contributed by atoms with Crippen LogP contribution in [0.4, 0.5) is 5.69 Å². The first-order valence-corrected chi connectivity index (χ1v) is 8.17. The van der Waals surface area contributed by atoms with Crippen LogP contribution in [-0.4, -0.2) is 18.0 Å². The Kier molecular flexibility index (Phi) is 4.34. The molecular weight excluding hydrogens is 288 g/mol. The van der Waals surface area contributed by atoms with Gasteiger partial charge in [-0.1, -0.05) is 0 Å². The molecule has 0 aromatic carbocycles. The fourth-order valence-electron chi connectivity index (χ4n) is 2.08. The minimum Gasteiger partial charge on any atom is -0.346 e. The third-order valence-electron chi connectivity index (χ3n) is 3.25. The van der Waals surface area contributed by atoms with Crippen LogP contribution in [0.25, 0.3) is 0 Å². The van der Waals surface area contributed by atoms with Crippen molar-refractivity contribution in [3.63, 3.8) is 0 Å². The predicted octanol–water partition coefficient (Wildman–Crippen LogP) is 2.03. The summed E-state index contributed by atoms with van der Waals surface area (Å²) in [5.74, 6) is 0. The van der Waals surface area contributed by atoms with Gasteiger partial charge in [0.2, 0.25) is 0 Å². The van der Waals surface area contributed by atoms with Gasteiger partial charge in [0.1, 0.15) is 4.90 Å². The largest absolute Gasteiger partial charge is 0.346 e. The molecule has 2 aromatic rings. The third-order valence-corrected chi connectivity index (χ3v) is 4.58. The van der Waals surface area contributed by atoms with Gasteiger partial charge in [-0.3, -0.25) is 9.71 Å². The van der Waals surface area contributed by atoms with E-state index in [1.807, 2.05) is 18.4 Å². The summed E-state index contributed by atoms with van der Waals surface area (Å²) in [4.78, 5) is 4.16. The van der Waals surface area contributed by atoms with E-state index >= 15 is 0 Å². The molecule has 6 nitrogen and oxygen atoms in total. The van der Waals surface area contributed by atoms with Crippen molar-refractivity contribution in [3.8, 4) is 0 Å². The number of nitrogens with zero attached hydrogens (tertiary/aromatic N) is 2. The fraction of sp³-hybridized carbons (Fsp3) is 0.357. The minimum absolute atomic E-state index is 0.148. The summed E-state index contributed by atoms with van der Waals surface area (Å²) in [6.07, 6.45) is 4.78. The molecule has 0 unspecified atom stereocenters. The first-order valence-electron chi connectivity index (χ1n) is 6.69. The highest BCUT2D eigenvalue weighted by molar-refractivity contribution is 7.92. The average molecular weight is 308 g/mol. The van der Waals surface area contributed by atoms with Gasteiger partial charge in [0.05, 0.1) is 5.69 Å². The van der Waals surface area contributed by atoms with Crippen molar-refractivity contribution in [1.29, 1.82) is 0 Å². The Balaban J connectivity index is 2.38. The van der Waals surface area contributed by atoms with Crippen molar-refractivity contribution in [3.05, 3.63) is 42.0 Å². The van der Waals surface area contributed by atoms with Crippen LogP contribution in [0.5, 0.6) is 0 Å². The molecule has 2 heterocycles. The molecule has 0 saturated carbocycles. The maximum Gasteiger partial charge on any atom is 0.263 e. The Morgan fingerprint density at radius 2 is 2.14 bits per heavy atom. The average Bonchev–Trinajstić information content (AvgIpc) is 2.86. The van der Waals surface area contributed by atoms with Crippen molar-refractivity contribution >= 4 is 15.7 Å². The lowest BCUT2D eigenvalue weighted by Gasteiger charge is -2.11. The normalized spacial score (nSPS) is 11.9. The standard InChI is InChI=1S/C14H20N4O2S/c1-10(2)18-9-13(6-12(18)7-15)21(19,20)17-14-4-5-16-8-11(14)3/h4-6,8-10H,7,15H2,1-3H3,(H,16,17). The molecule has 21 heavy (non-hydrogen) atoms. The molecule has 2 aromatic heterocycles. The molecule has 0 saturated heterocycles. The number of nitrogens with two attached hydrogens (primary N) is 1. The summed E-state index contributed by atoms with van der Waals surface area (Å²) >= 11 is 0. The number of sulfonamides is 1. The van der Waals surface area contributed by atoms with Crippen molar-refractivity contribution in [1.82, 2.24) is 9.55 Å². The second-order valence-corrected chi connectivity index (χ2v) is 6.85. The lowest BCUT2D eigenvalue weighted by Crippen LogP contribution is -2.13. The Morgan fingerprint density at radius 3 is 2.67 bits per heavy atom. The molecule has 7 heteroatoms. The molecule has 0 aliphatic rings. The smallest absolute Gasteiger partial charge is 0.263 e. The summed E-state index contributed by atoms with van der Waals surface area (Å²) in [6.45, 7) is 6.06. The highest BCUT2D eigenvalue weighted by Crippen LogP contribution is 2.22. The molecule has 0 spiro atoms. The maximum atomic E-state index is 12.5. The van der Waals surface area contributed by atoms with Crippen LogP contribution in [0, 0.1) is 6.92 Å². The molecule has 0 aliphatic heterocycles. The van der Waals surface area contributed by atoms with E-state index in [4.69, 9.17) is 5.73 Å². The predicted molar refractivity (Wildman–Crippen MR) is 82.5 cm³/mol. The van der Waals surface area contributed by atoms with Gasteiger partial charge in [-0.05, 0) is 38.5 Å². The molecule has 0 atom stereocenters. The highest BCUT2D eigenvalue weighted by Gasteiger charge is 2.19. The van der Waals surface area contributed by atoms with E-state index in [1.165, 1.54) is 0 Å². The van der Waals surface area contributed by atoms with Crippen LogP contribution in [0.2, 0.25) is 0 Å². The molecule has 0 fully saturated rings. The summed E-state index contributed by atoms with van der Waals surface area (Å²) in [5, 5.41) is 0. The Labute approximate surface area is 125 Å². The van der Waals surface area contributed by atoms with Gasteiger partial charge < -0.3 is 10.3 Å². The zero-order chi connectivity index (χ0) is 15.6. The van der Waals surface area contributed by atoms with Crippen LogP contribution in [-0.2, 0) is 16.6 Å². The van der Waals surface area contributed by atoms with Crippen molar-refractivity contribution in [2.45, 2.75) is 38.3 Å². The minimum atomic E-state index is -3.64. The van der Waals surface area contributed by atoms with Crippen LogP contribution in [0.3, 0.4) is 0 Å². The summed E-state index contributed by atoms with van der Waals surface area (Å²) in [7, 11) is -3.64. The Bertz CT molecular complexity index is 735. The van der Waals surface area contributed by atoms with Gasteiger partial charge in [0, 0.05) is 36.9 Å². The topological polar surface area (TPSA) is 90.0 Å². The number of aromatic nitrogens is 2. The molecule has 3 N–H and O–H groups in total. The number of nitrogens with one attached hydrogen (secondary N) is 1. The van der Waals surface area contributed by atoms with Crippen LogP contribution < -0.4 is 10.5 Å². The second kappa shape index (κ2) is 5.87. The molecule has 2 rings (SSSR count). The second-order valence-electron chi connectivity index (χ2n) is 5.17. The van der Waals surface area contributed by atoms with Crippen molar-refractivity contribution < 1.29 is 8.42 Å². The van der Waals surface area contributed by atoms with E-state index in [0.717, 1.165) is 11.3 Å². The molecule has 0 radical (unpaired) electrons. The molecular formula is C14H20N4O2S. The number of pyridine rings is 1. The monoisotopic (exact) mass is 308 g/mol. The van der Waals surface area contributed by atoms with Crippen molar-refractivity contribution in [2.75, 3.05) is 4.72 Å². The van der Waals surface area contributed by atoms with E-state index < -0.39 is 10.0 Å². The van der Waals surface area contributed by atoms with E-state index in [1.54, 1.807) is 37.6 Å². The van der Waals surface area contributed by atoms with E-state index in [0.29, 0.717) is 12.2 Å². The van der Waals surface area contributed by atoms with Gasteiger partial charge in [-0.2, -0.15) is 0 Å². The first-order chi connectivity index (χ1) is 9.85. The van der Waals surface area contributed by atoms with Gasteiger partial charge in [0.25, 0.3) is 10.0 Å². The van der Waals surface area contributed by atoms with E-state index in [-0.39, 0.29) is 10.9 Å². The lowest BCUT2D eigenvalue weighted by molar-refractivity contribution is 0.573. The number of rotatable bonds is 5. The summed E-state index contributed by atoms with van der Waals surface area (Å²) < 4.78 is 29.4. The van der Waals surface area contributed by atoms with Gasteiger partial charge in [0.15, 0.2) is 0 Å². The van der Waals surface area contributed by atoms with Crippen LogP contribution in [0.1, 0.15) is 31.1 Å². The lowest BCUT2D eigenvalue weighted by atomic mass is 10.3. The quantitative estimate of drug-likeness (QED) is 0.884. The molecule has 0 bridgehead atoms. The number of anilines is 1. The van der Waals surface area contributed by atoms with Gasteiger partial charge >= 0.3 is 0 Å². The van der Waals surface area contributed by atoms with Crippen LogP contribution in [0.15, 0.2) is 35.6 Å². The van der Waals surface area contributed by atoms with Gasteiger partial charge in [-0.25, -0.2) is 8.42 Å². The summed E-state index contributed by atoms with van der Waals surface area (Å²) in [5.41, 5.74) is 7.76. The molecule has 0 amide bonds. The zero-order valence-electron chi connectivity index (χ0n) is 12.4. The third kappa shape index (κ3) is 3.25. The SMILES string of the molecule is Cc1cnccc1NS(=O)(=O)c1cc(CN)n(C(C)C)c1. The Morgan fingerprint density at radius 1 is 1.43 bits per heavy atom. The van der Waals surface area contributed by atoms with Crippen LogP contribution >= 0.6 is 0 Å². The summed E-state index contributed by atoms with van der Waals surface area (Å²) in [6, 6.07) is 3.39. The maximum absolute atomic E-state index is 12.5. The molecule has 114 valence electrons. The highest BCUT2D eigenvalue weighted by atomic mass is 32.2. The number of hydrogen-bond donors (Lipinski definition) is 2. The zero-order valence-corrected chi connectivity index (χ0v) is 13.2. The molecule has 0 aliphatic carbocycles. The van der Waals surface area contributed by atoms with E-state index in [2.05, 4.69) is 9.71 Å².